The van der Waals surface area contributed by atoms with Gasteiger partial charge < -0.3 is 10.2 Å². The minimum absolute atomic E-state index is 0. The van der Waals surface area contributed by atoms with Crippen LogP contribution < -0.4 is 5.32 Å². The fourth-order valence-electron chi connectivity index (χ4n) is 1.38. The Balaban J connectivity index is 0.00000289. The van der Waals surface area contributed by atoms with E-state index in [0.29, 0.717) is 13.1 Å². The molecule has 102 valence electrons. The van der Waals surface area contributed by atoms with E-state index < -0.39 is 11.6 Å². The highest BCUT2D eigenvalue weighted by Crippen LogP contribution is 2.11. The second-order valence-corrected chi connectivity index (χ2v) is 3.83. The zero-order chi connectivity index (χ0) is 12.8. The van der Waals surface area contributed by atoms with Crippen molar-refractivity contribution in [3.63, 3.8) is 0 Å². The van der Waals surface area contributed by atoms with Gasteiger partial charge in [-0.1, -0.05) is 0 Å². The monoisotopic (exact) mass is 278 g/mol. The Morgan fingerprint density at radius 1 is 1.39 bits per heavy atom. The molecule has 0 saturated heterocycles. The molecule has 0 spiro atoms. The Morgan fingerprint density at radius 3 is 2.67 bits per heavy atom. The number of carbonyl (C=O) groups excluding carboxylic acids is 1. The molecular formula is C12H17ClF2N2O. The number of hydrogen-bond acceptors (Lipinski definition) is 2. The third-order valence-electron chi connectivity index (χ3n) is 2.47. The van der Waals surface area contributed by atoms with Gasteiger partial charge in [0.2, 0.25) is 5.91 Å². The topological polar surface area (TPSA) is 32.3 Å². The van der Waals surface area contributed by atoms with Crippen molar-refractivity contribution in [3.05, 3.63) is 35.4 Å². The van der Waals surface area contributed by atoms with Gasteiger partial charge in [-0.15, -0.1) is 12.4 Å². The van der Waals surface area contributed by atoms with Gasteiger partial charge in [0.1, 0.15) is 11.6 Å². The predicted molar refractivity (Wildman–Crippen MR) is 68.9 cm³/mol. The lowest BCUT2D eigenvalue weighted by atomic mass is 10.1. The molecule has 0 atom stereocenters. The molecule has 0 aliphatic carbocycles. The van der Waals surface area contributed by atoms with Gasteiger partial charge in [0, 0.05) is 25.7 Å². The number of amides is 1. The molecule has 1 amide bonds. The van der Waals surface area contributed by atoms with E-state index in [1.165, 1.54) is 4.90 Å². The number of nitrogens with one attached hydrogen (secondary N) is 1. The average Bonchev–Trinajstić information content (AvgIpc) is 2.30. The van der Waals surface area contributed by atoms with Gasteiger partial charge in [-0.25, -0.2) is 8.78 Å². The van der Waals surface area contributed by atoms with Crippen LogP contribution in [0.15, 0.2) is 18.2 Å². The summed E-state index contributed by atoms with van der Waals surface area (Å²) >= 11 is 0. The molecule has 3 nitrogen and oxygen atoms in total. The molecule has 0 saturated carbocycles. The van der Waals surface area contributed by atoms with Crippen LogP contribution in [0.4, 0.5) is 8.78 Å². The number of benzene rings is 1. The summed E-state index contributed by atoms with van der Waals surface area (Å²) in [6, 6.07) is 3.12. The first-order chi connectivity index (χ1) is 8.04. The van der Waals surface area contributed by atoms with Gasteiger partial charge in [-0.05, 0) is 25.2 Å². The fraction of sp³-hybridized carbons (Fsp3) is 0.417. The maximum atomic E-state index is 13.3. The first-order valence-electron chi connectivity index (χ1n) is 5.37. The van der Waals surface area contributed by atoms with Crippen LogP contribution in [-0.4, -0.2) is 38.0 Å². The molecule has 0 aliphatic heterocycles. The van der Waals surface area contributed by atoms with Crippen molar-refractivity contribution in [1.29, 1.82) is 0 Å². The highest BCUT2D eigenvalue weighted by molar-refractivity contribution is 5.85. The van der Waals surface area contributed by atoms with Crippen molar-refractivity contribution in [2.75, 3.05) is 27.2 Å². The van der Waals surface area contributed by atoms with Crippen LogP contribution in [0.2, 0.25) is 0 Å². The molecule has 0 unspecified atom stereocenters. The summed E-state index contributed by atoms with van der Waals surface area (Å²) in [6.07, 6.45) is -0.121. The van der Waals surface area contributed by atoms with E-state index in [0.717, 1.165) is 18.2 Å². The molecule has 0 aromatic heterocycles. The van der Waals surface area contributed by atoms with E-state index in [2.05, 4.69) is 5.32 Å². The molecule has 0 bridgehead atoms. The van der Waals surface area contributed by atoms with E-state index in [-0.39, 0.29) is 30.3 Å². The first-order valence-corrected chi connectivity index (χ1v) is 5.37. The SMILES string of the molecule is CNCCN(C)C(=O)Cc1cc(F)ccc1F.Cl. The lowest BCUT2D eigenvalue weighted by Crippen LogP contribution is -2.33. The normalized spacial score (nSPS) is 9.78. The smallest absolute Gasteiger partial charge is 0.226 e. The number of carbonyl (C=O) groups is 1. The van der Waals surface area contributed by atoms with Gasteiger partial charge in [0.25, 0.3) is 0 Å². The van der Waals surface area contributed by atoms with Gasteiger partial charge in [-0.2, -0.15) is 0 Å². The maximum Gasteiger partial charge on any atom is 0.226 e. The Bertz CT molecular complexity index is 402. The van der Waals surface area contributed by atoms with Gasteiger partial charge in [0.15, 0.2) is 0 Å². The molecular weight excluding hydrogens is 262 g/mol. The van der Waals surface area contributed by atoms with Crippen LogP contribution in [0.3, 0.4) is 0 Å². The zero-order valence-corrected chi connectivity index (χ0v) is 11.2. The van der Waals surface area contributed by atoms with Crippen LogP contribution in [0.1, 0.15) is 5.56 Å². The lowest BCUT2D eigenvalue weighted by molar-refractivity contribution is -0.129. The molecule has 6 heteroatoms. The molecule has 18 heavy (non-hydrogen) atoms. The van der Waals surface area contributed by atoms with E-state index in [4.69, 9.17) is 0 Å². The number of likely N-dealkylation sites (N-methyl/N-ethyl adjacent to an activating group) is 2. The van der Waals surface area contributed by atoms with Crippen LogP contribution in [0.5, 0.6) is 0 Å². The molecule has 1 aromatic carbocycles. The second-order valence-electron chi connectivity index (χ2n) is 3.83. The number of halogens is 3. The van der Waals surface area contributed by atoms with Crippen LogP contribution in [0, 0.1) is 11.6 Å². The number of nitrogens with zero attached hydrogens (tertiary/aromatic N) is 1. The van der Waals surface area contributed by atoms with Crippen molar-refractivity contribution < 1.29 is 13.6 Å². The highest BCUT2D eigenvalue weighted by Gasteiger charge is 2.12. The van der Waals surface area contributed by atoms with Crippen molar-refractivity contribution in [1.82, 2.24) is 10.2 Å². The zero-order valence-electron chi connectivity index (χ0n) is 10.4. The Labute approximate surface area is 112 Å². The molecule has 1 aromatic rings. The number of rotatable bonds is 5. The van der Waals surface area contributed by atoms with Gasteiger partial charge >= 0.3 is 0 Å². The van der Waals surface area contributed by atoms with Crippen LogP contribution >= 0.6 is 12.4 Å². The Kier molecular flexibility index (Phi) is 7.47. The van der Waals surface area contributed by atoms with Crippen molar-refractivity contribution in [2.45, 2.75) is 6.42 Å². The van der Waals surface area contributed by atoms with E-state index in [1.54, 1.807) is 14.1 Å². The van der Waals surface area contributed by atoms with Gasteiger partial charge in [-0.3, -0.25) is 4.79 Å². The molecule has 1 N–H and O–H groups in total. The van der Waals surface area contributed by atoms with Crippen molar-refractivity contribution >= 4 is 18.3 Å². The third-order valence-corrected chi connectivity index (χ3v) is 2.47. The largest absolute Gasteiger partial charge is 0.344 e. The molecule has 0 radical (unpaired) electrons. The molecule has 0 fully saturated rings. The second kappa shape index (κ2) is 8.00. The molecule has 0 heterocycles. The summed E-state index contributed by atoms with van der Waals surface area (Å²) in [5.41, 5.74) is 0.0892. The van der Waals surface area contributed by atoms with E-state index >= 15 is 0 Å². The summed E-state index contributed by atoms with van der Waals surface area (Å²) in [4.78, 5) is 13.2. The molecule has 0 aliphatic rings. The minimum atomic E-state index is -0.554. The van der Waals surface area contributed by atoms with Crippen molar-refractivity contribution in [2.24, 2.45) is 0 Å². The first kappa shape index (κ1) is 16.8. The minimum Gasteiger partial charge on any atom is -0.344 e. The number of hydrogen-bond donors (Lipinski definition) is 1. The lowest BCUT2D eigenvalue weighted by Gasteiger charge is -2.17. The Hall–Kier alpha value is -1.20. The summed E-state index contributed by atoms with van der Waals surface area (Å²) in [7, 11) is 3.42. The fourth-order valence-corrected chi connectivity index (χ4v) is 1.38. The van der Waals surface area contributed by atoms with Crippen molar-refractivity contribution in [3.8, 4) is 0 Å². The molecule has 1 rings (SSSR count). The Morgan fingerprint density at radius 2 is 2.06 bits per heavy atom. The maximum absolute atomic E-state index is 13.3. The van der Waals surface area contributed by atoms with Crippen LogP contribution in [0.25, 0.3) is 0 Å². The quantitative estimate of drug-likeness (QED) is 0.887. The third kappa shape index (κ3) is 4.98. The summed E-state index contributed by atoms with van der Waals surface area (Å²) in [5, 5.41) is 2.91. The average molecular weight is 279 g/mol. The summed E-state index contributed by atoms with van der Waals surface area (Å²) < 4.78 is 26.2. The predicted octanol–water partition coefficient (Wildman–Crippen LogP) is 1.61. The standard InChI is InChI=1S/C12H16F2N2O.ClH/c1-15-5-6-16(2)12(17)8-9-7-10(13)3-4-11(9)14;/h3-4,7,15H,5-6,8H2,1-2H3;1H. The summed E-state index contributed by atoms with van der Waals surface area (Å²) in [5.74, 6) is -1.32. The summed E-state index contributed by atoms with van der Waals surface area (Å²) in [6.45, 7) is 1.19. The van der Waals surface area contributed by atoms with E-state index in [1.807, 2.05) is 0 Å². The van der Waals surface area contributed by atoms with E-state index in [9.17, 15) is 13.6 Å². The highest BCUT2D eigenvalue weighted by atomic mass is 35.5. The van der Waals surface area contributed by atoms with Crippen LogP contribution in [-0.2, 0) is 11.2 Å². The van der Waals surface area contributed by atoms with Gasteiger partial charge in [0.05, 0.1) is 6.42 Å².